The summed E-state index contributed by atoms with van der Waals surface area (Å²) in [4.78, 5) is 4.26. The van der Waals surface area contributed by atoms with Gasteiger partial charge in [-0.05, 0) is 43.0 Å². The number of hydrogen-bond acceptors (Lipinski definition) is 3. The predicted molar refractivity (Wildman–Crippen MR) is 84.6 cm³/mol. The lowest BCUT2D eigenvalue weighted by atomic mass is 9.99. The number of halogens is 1. The largest absolute Gasteiger partial charge is 0.385 e. The predicted octanol–water partition coefficient (Wildman–Crippen LogP) is 4.01. The SMILES string of the molecule is Cc1nc(Cl)ccc1NCc1cccc2c1NCCC2. The van der Waals surface area contributed by atoms with Gasteiger partial charge in [-0.15, -0.1) is 0 Å². The summed E-state index contributed by atoms with van der Waals surface area (Å²) in [6.45, 7) is 3.82. The van der Waals surface area contributed by atoms with Crippen LogP contribution in [0, 0.1) is 6.92 Å². The highest BCUT2D eigenvalue weighted by Crippen LogP contribution is 2.27. The highest BCUT2D eigenvalue weighted by Gasteiger charge is 2.12. The van der Waals surface area contributed by atoms with Crippen LogP contribution in [-0.2, 0) is 13.0 Å². The molecule has 1 aromatic carbocycles. The van der Waals surface area contributed by atoms with Crippen LogP contribution in [-0.4, -0.2) is 11.5 Å². The fourth-order valence-electron chi connectivity index (χ4n) is 2.64. The Hall–Kier alpha value is -1.74. The van der Waals surface area contributed by atoms with Crippen LogP contribution < -0.4 is 10.6 Å². The Morgan fingerprint density at radius 2 is 2.20 bits per heavy atom. The number of benzene rings is 1. The third-order valence-corrected chi connectivity index (χ3v) is 3.89. The first kappa shape index (κ1) is 13.3. The van der Waals surface area contributed by atoms with Crippen LogP contribution in [0.4, 0.5) is 11.4 Å². The molecule has 0 atom stereocenters. The van der Waals surface area contributed by atoms with Crippen molar-refractivity contribution in [1.29, 1.82) is 0 Å². The van der Waals surface area contributed by atoms with E-state index in [2.05, 4.69) is 33.8 Å². The van der Waals surface area contributed by atoms with E-state index in [0.717, 1.165) is 30.9 Å². The van der Waals surface area contributed by atoms with E-state index in [1.54, 1.807) is 0 Å². The van der Waals surface area contributed by atoms with Gasteiger partial charge in [-0.3, -0.25) is 0 Å². The van der Waals surface area contributed by atoms with E-state index >= 15 is 0 Å². The third-order valence-electron chi connectivity index (χ3n) is 3.68. The number of nitrogens with one attached hydrogen (secondary N) is 2. The summed E-state index contributed by atoms with van der Waals surface area (Å²) >= 11 is 5.88. The zero-order chi connectivity index (χ0) is 13.9. The van der Waals surface area contributed by atoms with Crippen LogP contribution in [0.5, 0.6) is 0 Å². The Bertz CT molecular complexity index is 625. The van der Waals surface area contributed by atoms with Crippen molar-refractivity contribution in [3.05, 3.63) is 52.3 Å². The van der Waals surface area contributed by atoms with Crippen molar-refractivity contribution in [2.75, 3.05) is 17.2 Å². The molecule has 0 amide bonds. The number of rotatable bonds is 3. The van der Waals surface area contributed by atoms with Crippen LogP contribution in [0.1, 0.15) is 23.2 Å². The van der Waals surface area contributed by atoms with Crippen LogP contribution in [0.2, 0.25) is 5.15 Å². The summed E-state index contributed by atoms with van der Waals surface area (Å²) in [5.74, 6) is 0. The molecule has 2 heterocycles. The number of hydrogen-bond donors (Lipinski definition) is 2. The Balaban J connectivity index is 1.78. The van der Waals surface area contributed by atoms with Gasteiger partial charge in [0.25, 0.3) is 0 Å². The van der Waals surface area contributed by atoms with Crippen LogP contribution in [0.25, 0.3) is 0 Å². The van der Waals surface area contributed by atoms with Crippen molar-refractivity contribution in [3.8, 4) is 0 Å². The molecule has 4 heteroatoms. The van der Waals surface area contributed by atoms with Gasteiger partial charge in [0.05, 0.1) is 11.4 Å². The average Bonchev–Trinajstić information content (AvgIpc) is 2.46. The number of aromatic nitrogens is 1. The molecule has 0 aliphatic carbocycles. The maximum absolute atomic E-state index is 5.88. The van der Waals surface area contributed by atoms with Crippen LogP contribution in [0.15, 0.2) is 30.3 Å². The number of fused-ring (bicyclic) bond motifs is 1. The van der Waals surface area contributed by atoms with E-state index < -0.39 is 0 Å². The molecule has 0 unspecified atom stereocenters. The number of pyridine rings is 1. The first-order valence-electron chi connectivity index (χ1n) is 6.96. The Kier molecular flexibility index (Phi) is 3.79. The highest BCUT2D eigenvalue weighted by atomic mass is 35.5. The first-order chi connectivity index (χ1) is 9.74. The standard InChI is InChI=1S/C16H18ClN3/c1-11-14(7-8-15(17)20-11)19-10-13-5-2-4-12-6-3-9-18-16(12)13/h2,4-5,7-8,18-19H,3,6,9-10H2,1H3. The molecule has 104 valence electrons. The van der Waals surface area contributed by atoms with Crippen molar-refractivity contribution in [2.24, 2.45) is 0 Å². The molecule has 20 heavy (non-hydrogen) atoms. The second-order valence-electron chi connectivity index (χ2n) is 5.10. The lowest BCUT2D eigenvalue weighted by Crippen LogP contribution is -2.15. The number of aryl methyl sites for hydroxylation is 2. The lowest BCUT2D eigenvalue weighted by Gasteiger charge is -2.21. The van der Waals surface area contributed by atoms with Gasteiger partial charge in [-0.1, -0.05) is 29.8 Å². The van der Waals surface area contributed by atoms with Crippen molar-refractivity contribution in [1.82, 2.24) is 4.98 Å². The van der Waals surface area contributed by atoms with Gasteiger partial charge in [0.2, 0.25) is 0 Å². The Labute approximate surface area is 124 Å². The Morgan fingerprint density at radius 1 is 1.30 bits per heavy atom. The van der Waals surface area contributed by atoms with Gasteiger partial charge in [-0.25, -0.2) is 4.98 Å². The molecular weight excluding hydrogens is 270 g/mol. The lowest BCUT2D eigenvalue weighted by molar-refractivity contribution is 0.825. The summed E-state index contributed by atoms with van der Waals surface area (Å²) < 4.78 is 0. The smallest absolute Gasteiger partial charge is 0.129 e. The van der Waals surface area contributed by atoms with E-state index in [4.69, 9.17) is 11.6 Å². The van der Waals surface area contributed by atoms with Gasteiger partial charge < -0.3 is 10.6 Å². The van der Waals surface area contributed by atoms with Gasteiger partial charge in [0, 0.05) is 18.8 Å². The Morgan fingerprint density at radius 3 is 3.05 bits per heavy atom. The molecule has 0 spiro atoms. The van der Waals surface area contributed by atoms with E-state index in [1.807, 2.05) is 19.1 Å². The molecular formula is C16H18ClN3. The average molecular weight is 288 g/mol. The third kappa shape index (κ3) is 2.73. The maximum Gasteiger partial charge on any atom is 0.129 e. The van der Waals surface area contributed by atoms with Crippen molar-refractivity contribution in [2.45, 2.75) is 26.3 Å². The molecule has 2 aromatic rings. The van der Waals surface area contributed by atoms with E-state index in [0.29, 0.717) is 5.15 Å². The summed E-state index contributed by atoms with van der Waals surface area (Å²) in [6.07, 6.45) is 2.38. The van der Waals surface area contributed by atoms with E-state index in [1.165, 1.54) is 23.2 Å². The molecule has 0 fully saturated rings. The minimum atomic E-state index is 0.534. The maximum atomic E-state index is 5.88. The first-order valence-corrected chi connectivity index (χ1v) is 7.33. The molecule has 0 bridgehead atoms. The van der Waals surface area contributed by atoms with Gasteiger partial charge in [0.1, 0.15) is 5.15 Å². The topological polar surface area (TPSA) is 37.0 Å². The molecule has 0 saturated heterocycles. The summed E-state index contributed by atoms with van der Waals surface area (Å²) in [5, 5.41) is 7.49. The fraction of sp³-hybridized carbons (Fsp3) is 0.312. The number of anilines is 2. The summed E-state index contributed by atoms with van der Waals surface area (Å²) in [5.41, 5.74) is 5.97. The zero-order valence-electron chi connectivity index (χ0n) is 11.5. The molecule has 1 aromatic heterocycles. The molecule has 3 rings (SSSR count). The normalized spacial score (nSPS) is 13.5. The highest BCUT2D eigenvalue weighted by molar-refractivity contribution is 6.29. The summed E-state index contributed by atoms with van der Waals surface area (Å²) in [6, 6.07) is 10.3. The van der Waals surface area contributed by atoms with Crippen LogP contribution in [0.3, 0.4) is 0 Å². The quantitative estimate of drug-likeness (QED) is 0.838. The minimum absolute atomic E-state index is 0.534. The van der Waals surface area contributed by atoms with Crippen molar-refractivity contribution < 1.29 is 0 Å². The monoisotopic (exact) mass is 287 g/mol. The minimum Gasteiger partial charge on any atom is -0.385 e. The molecule has 1 aliphatic heterocycles. The van der Waals surface area contributed by atoms with Gasteiger partial charge in [0.15, 0.2) is 0 Å². The van der Waals surface area contributed by atoms with Crippen LogP contribution >= 0.6 is 11.6 Å². The molecule has 0 radical (unpaired) electrons. The number of para-hydroxylation sites is 1. The van der Waals surface area contributed by atoms with Crippen molar-refractivity contribution >= 4 is 23.0 Å². The second kappa shape index (κ2) is 5.71. The van der Waals surface area contributed by atoms with E-state index in [9.17, 15) is 0 Å². The number of nitrogens with zero attached hydrogens (tertiary/aromatic N) is 1. The van der Waals surface area contributed by atoms with Gasteiger partial charge in [-0.2, -0.15) is 0 Å². The summed E-state index contributed by atoms with van der Waals surface area (Å²) in [7, 11) is 0. The van der Waals surface area contributed by atoms with Gasteiger partial charge >= 0.3 is 0 Å². The zero-order valence-corrected chi connectivity index (χ0v) is 12.3. The molecule has 1 aliphatic rings. The fourth-order valence-corrected chi connectivity index (χ4v) is 2.83. The second-order valence-corrected chi connectivity index (χ2v) is 5.49. The molecule has 2 N–H and O–H groups in total. The van der Waals surface area contributed by atoms with Crippen molar-refractivity contribution in [3.63, 3.8) is 0 Å². The molecule has 0 saturated carbocycles. The van der Waals surface area contributed by atoms with E-state index in [-0.39, 0.29) is 0 Å². The molecule has 3 nitrogen and oxygen atoms in total.